The molecule has 3 rings (SSSR count). The number of rotatable bonds is 3. The molecule has 0 aromatic rings. The Bertz CT molecular complexity index is 688. The van der Waals surface area contributed by atoms with Crippen molar-refractivity contribution in [3.63, 3.8) is 0 Å². The molecule has 0 spiro atoms. The Balaban J connectivity index is 1.85. The second kappa shape index (κ2) is 9.44. The van der Waals surface area contributed by atoms with Gasteiger partial charge in [0, 0.05) is 5.92 Å². The number of carbonyl (C=O) groups excluding carboxylic acids is 1. The lowest BCUT2D eigenvalue weighted by molar-refractivity contribution is -0.308. The highest BCUT2D eigenvalue weighted by Gasteiger charge is 2.47. The molecule has 2 heterocycles. The van der Waals surface area contributed by atoms with Crippen LogP contribution in [0.5, 0.6) is 0 Å². The Morgan fingerprint density at radius 2 is 1.83 bits per heavy atom. The van der Waals surface area contributed by atoms with Crippen LogP contribution in [0, 0.1) is 11.8 Å². The van der Waals surface area contributed by atoms with Crippen LogP contribution in [0.25, 0.3) is 0 Å². The number of esters is 1. The minimum absolute atomic E-state index is 0.361. The normalized spacial score (nSPS) is 48.7. The van der Waals surface area contributed by atoms with Crippen LogP contribution in [0.3, 0.4) is 0 Å². The first kappa shape index (κ1) is 23.3. The zero-order valence-corrected chi connectivity index (χ0v) is 17.4. The fourth-order valence-corrected chi connectivity index (χ4v) is 4.37. The van der Waals surface area contributed by atoms with Gasteiger partial charge in [0.05, 0.1) is 24.7 Å². The van der Waals surface area contributed by atoms with Crippen LogP contribution in [0.1, 0.15) is 33.6 Å². The average molecular weight is 428 g/mol. The van der Waals surface area contributed by atoms with Gasteiger partial charge in [0.1, 0.15) is 30.5 Å². The Kier molecular flexibility index (Phi) is 7.34. The van der Waals surface area contributed by atoms with Crippen molar-refractivity contribution < 1.29 is 44.5 Å². The van der Waals surface area contributed by atoms with E-state index >= 15 is 0 Å². The van der Waals surface area contributed by atoms with Gasteiger partial charge in [0.25, 0.3) is 0 Å². The standard InChI is InChI=1S/C21H32O9/c1-9-4-5-13(29-21-19(26)18(25)17(24)15(8-22)30-21)10(2)7-14-16(12(23)6-9)11(3)20(27)28-14/h4,7,11-19,21-26H,5-6,8H2,1-3H3/b9-4-,10-7+/t11-,12+,13+,14+,15-,16-,17-,18+,19-,21+/m1/s1. The van der Waals surface area contributed by atoms with Crippen LogP contribution in [0.2, 0.25) is 0 Å². The molecule has 9 nitrogen and oxygen atoms in total. The summed E-state index contributed by atoms with van der Waals surface area (Å²) < 4.78 is 16.9. The molecule has 2 fully saturated rings. The Morgan fingerprint density at radius 3 is 2.50 bits per heavy atom. The van der Waals surface area contributed by atoms with Gasteiger partial charge in [-0.2, -0.15) is 0 Å². The molecular weight excluding hydrogens is 396 g/mol. The molecule has 0 amide bonds. The molecule has 170 valence electrons. The molecule has 10 atom stereocenters. The van der Waals surface area contributed by atoms with Gasteiger partial charge in [-0.3, -0.25) is 4.79 Å². The van der Waals surface area contributed by atoms with E-state index in [2.05, 4.69) is 0 Å². The van der Waals surface area contributed by atoms with Gasteiger partial charge < -0.3 is 39.7 Å². The van der Waals surface area contributed by atoms with Gasteiger partial charge >= 0.3 is 5.97 Å². The minimum atomic E-state index is -1.53. The van der Waals surface area contributed by atoms with Crippen molar-refractivity contribution in [3.8, 4) is 0 Å². The van der Waals surface area contributed by atoms with E-state index in [-0.39, 0.29) is 11.9 Å². The second-order valence-electron chi connectivity index (χ2n) is 8.56. The van der Waals surface area contributed by atoms with E-state index < -0.39 is 61.5 Å². The number of hydrogen-bond donors (Lipinski definition) is 5. The first-order valence-electron chi connectivity index (χ1n) is 10.3. The highest BCUT2D eigenvalue weighted by molar-refractivity contribution is 5.75. The zero-order valence-electron chi connectivity index (χ0n) is 17.4. The maximum atomic E-state index is 12.1. The van der Waals surface area contributed by atoms with Crippen LogP contribution in [-0.4, -0.2) is 87.1 Å². The predicted octanol–water partition coefficient (Wildman–Crippen LogP) is -0.603. The lowest BCUT2D eigenvalue weighted by Crippen LogP contribution is -2.59. The van der Waals surface area contributed by atoms with Crippen LogP contribution in [0.4, 0.5) is 0 Å². The van der Waals surface area contributed by atoms with Gasteiger partial charge in [0.15, 0.2) is 6.29 Å². The molecule has 3 aliphatic rings. The first-order valence-corrected chi connectivity index (χ1v) is 10.3. The van der Waals surface area contributed by atoms with Gasteiger partial charge in [0.2, 0.25) is 0 Å². The van der Waals surface area contributed by atoms with E-state index in [4.69, 9.17) is 14.2 Å². The maximum absolute atomic E-state index is 12.1. The highest BCUT2D eigenvalue weighted by atomic mass is 16.7. The van der Waals surface area contributed by atoms with Gasteiger partial charge in [-0.1, -0.05) is 18.6 Å². The number of aliphatic hydroxyl groups excluding tert-OH is 5. The summed E-state index contributed by atoms with van der Waals surface area (Å²) in [6.45, 7) is 4.87. The predicted molar refractivity (Wildman–Crippen MR) is 104 cm³/mol. The summed E-state index contributed by atoms with van der Waals surface area (Å²) >= 11 is 0. The lowest BCUT2D eigenvalue weighted by atomic mass is 9.82. The number of hydrogen-bond acceptors (Lipinski definition) is 9. The smallest absolute Gasteiger partial charge is 0.309 e. The molecular formula is C21H32O9. The maximum Gasteiger partial charge on any atom is 0.309 e. The molecule has 0 radical (unpaired) electrons. The van der Waals surface area contributed by atoms with Crippen molar-refractivity contribution in [1.29, 1.82) is 0 Å². The van der Waals surface area contributed by atoms with Gasteiger partial charge in [-0.15, -0.1) is 0 Å². The summed E-state index contributed by atoms with van der Waals surface area (Å²) in [4.78, 5) is 12.1. The van der Waals surface area contributed by atoms with E-state index in [1.807, 2.05) is 13.0 Å². The second-order valence-corrected chi connectivity index (χ2v) is 8.56. The molecule has 9 heteroatoms. The van der Waals surface area contributed by atoms with Crippen molar-refractivity contribution in [3.05, 3.63) is 23.3 Å². The third-order valence-electron chi connectivity index (χ3n) is 6.32. The van der Waals surface area contributed by atoms with Crippen LogP contribution in [-0.2, 0) is 19.0 Å². The van der Waals surface area contributed by atoms with E-state index in [1.165, 1.54) is 0 Å². The molecule has 0 bridgehead atoms. The van der Waals surface area contributed by atoms with E-state index in [9.17, 15) is 30.3 Å². The van der Waals surface area contributed by atoms with Crippen molar-refractivity contribution in [2.24, 2.45) is 11.8 Å². The summed E-state index contributed by atoms with van der Waals surface area (Å²) in [6, 6.07) is 0. The molecule has 0 aromatic heterocycles. The number of carbonyl (C=O) groups is 1. The van der Waals surface area contributed by atoms with Crippen LogP contribution in [0.15, 0.2) is 23.3 Å². The third kappa shape index (κ3) is 4.62. The number of fused-ring (bicyclic) bond motifs is 1. The average Bonchev–Trinajstić information content (AvgIpc) is 2.97. The molecule has 0 unspecified atom stereocenters. The molecule has 1 aliphatic carbocycles. The van der Waals surface area contributed by atoms with E-state index in [0.29, 0.717) is 18.4 Å². The largest absolute Gasteiger partial charge is 0.457 e. The molecule has 2 aliphatic heterocycles. The summed E-state index contributed by atoms with van der Waals surface area (Å²) in [6.07, 6.45) is -4.28. The quantitative estimate of drug-likeness (QED) is 0.294. The lowest BCUT2D eigenvalue weighted by Gasteiger charge is -2.41. The minimum Gasteiger partial charge on any atom is -0.457 e. The molecule has 0 aromatic carbocycles. The summed E-state index contributed by atoms with van der Waals surface area (Å²) in [5, 5.41) is 50.3. The van der Waals surface area contributed by atoms with E-state index in [1.54, 1.807) is 19.9 Å². The van der Waals surface area contributed by atoms with Crippen molar-refractivity contribution in [1.82, 2.24) is 0 Å². The molecule has 0 saturated carbocycles. The highest BCUT2D eigenvalue weighted by Crippen LogP contribution is 2.36. The fraction of sp³-hybridized carbons (Fsp3) is 0.762. The fourth-order valence-electron chi connectivity index (χ4n) is 4.37. The Labute approximate surface area is 175 Å². The SMILES string of the molecule is C/C1=C/C[C@H](O[C@H]2O[C@H](CO)[C@@H](O)[C@H](O)[C@H]2O)/C(C)=C/[C@@H]2OC(=O)[C@H](C)[C@@H]2[C@@H](O)C1. The van der Waals surface area contributed by atoms with Crippen molar-refractivity contribution in [2.75, 3.05) is 6.61 Å². The topological polar surface area (TPSA) is 146 Å². The van der Waals surface area contributed by atoms with Crippen molar-refractivity contribution in [2.45, 2.75) is 82.6 Å². The van der Waals surface area contributed by atoms with Gasteiger partial charge in [-0.25, -0.2) is 0 Å². The third-order valence-corrected chi connectivity index (χ3v) is 6.32. The Morgan fingerprint density at radius 1 is 1.13 bits per heavy atom. The summed E-state index contributed by atoms with van der Waals surface area (Å²) in [7, 11) is 0. The Hall–Kier alpha value is -1.33. The molecule has 30 heavy (non-hydrogen) atoms. The zero-order chi connectivity index (χ0) is 22.2. The van der Waals surface area contributed by atoms with Crippen LogP contribution >= 0.6 is 0 Å². The monoisotopic (exact) mass is 428 g/mol. The number of aliphatic hydroxyl groups is 5. The summed E-state index contributed by atoms with van der Waals surface area (Å²) in [5.41, 5.74) is 1.63. The summed E-state index contributed by atoms with van der Waals surface area (Å²) in [5.74, 6) is -1.19. The number of ether oxygens (including phenoxy) is 3. The molecule has 2 saturated heterocycles. The van der Waals surface area contributed by atoms with Crippen LogP contribution < -0.4 is 0 Å². The van der Waals surface area contributed by atoms with Crippen molar-refractivity contribution >= 4 is 5.97 Å². The first-order chi connectivity index (χ1) is 14.1. The van der Waals surface area contributed by atoms with Gasteiger partial charge in [-0.05, 0) is 38.3 Å². The molecule has 5 N–H and O–H groups in total. The van der Waals surface area contributed by atoms with E-state index in [0.717, 1.165) is 5.57 Å².